The van der Waals surface area contributed by atoms with E-state index < -0.39 is 5.97 Å². The zero-order valence-electron chi connectivity index (χ0n) is 7.37. The summed E-state index contributed by atoms with van der Waals surface area (Å²) in [5.41, 5.74) is 0.176. The summed E-state index contributed by atoms with van der Waals surface area (Å²) in [7, 11) is 0. The Morgan fingerprint density at radius 2 is 2.00 bits per heavy atom. The normalized spacial score (nSPS) is 6.50. The van der Waals surface area contributed by atoms with Crippen molar-refractivity contribution in [2.24, 2.45) is 0 Å². The van der Waals surface area contributed by atoms with Crippen molar-refractivity contribution < 1.29 is 19.4 Å². The molecule has 0 aliphatic heterocycles. The van der Waals surface area contributed by atoms with Gasteiger partial charge in [0.05, 0.1) is 6.61 Å². The fourth-order valence-electron chi connectivity index (χ4n) is 0.0680. The molecule has 5 heteroatoms. The van der Waals surface area contributed by atoms with Crippen molar-refractivity contribution in [1.82, 2.24) is 6.15 Å². The van der Waals surface area contributed by atoms with Gasteiger partial charge in [0.1, 0.15) is 0 Å². The largest absolute Gasteiger partial charge is 0.478 e. The number of carbonyl (C=O) groups excluding carboxylic acids is 1. The molecule has 0 spiro atoms. The van der Waals surface area contributed by atoms with Crippen LogP contribution >= 0.6 is 0 Å². The van der Waals surface area contributed by atoms with Gasteiger partial charge in [-0.05, 0) is 13.8 Å². The van der Waals surface area contributed by atoms with Crippen molar-refractivity contribution in [2.75, 3.05) is 6.61 Å². The van der Waals surface area contributed by atoms with Gasteiger partial charge in [-0.3, -0.25) is 4.79 Å². The van der Waals surface area contributed by atoms with Crippen LogP contribution in [0.4, 0.5) is 0 Å². The predicted octanol–water partition coefficient (Wildman–Crippen LogP) is 0.988. The number of ether oxygens (including phenoxy) is 1. The number of hydrogen-bond acceptors (Lipinski definition) is 4. The Kier molecular flexibility index (Phi) is 17.4. The maximum Gasteiger partial charge on any atom is 0.330 e. The first-order chi connectivity index (χ1) is 5.06. The summed E-state index contributed by atoms with van der Waals surface area (Å²) in [4.78, 5) is 18.8. The molecule has 0 aromatic rings. The van der Waals surface area contributed by atoms with E-state index >= 15 is 0 Å². The van der Waals surface area contributed by atoms with Crippen molar-refractivity contribution in [3.63, 3.8) is 0 Å². The fourth-order valence-corrected chi connectivity index (χ4v) is 0.0680. The molecule has 0 atom stereocenters. The minimum absolute atomic E-state index is 0. The van der Waals surface area contributed by atoms with Gasteiger partial charge in [-0.2, -0.15) is 0 Å². The third-order valence-corrected chi connectivity index (χ3v) is 0.600. The Balaban J connectivity index is -0.000000126. The molecule has 0 rings (SSSR count). The second-order valence-corrected chi connectivity index (χ2v) is 1.64. The van der Waals surface area contributed by atoms with E-state index in [0.717, 1.165) is 0 Å². The van der Waals surface area contributed by atoms with Crippen LogP contribution in [0.15, 0.2) is 12.2 Å². The minimum Gasteiger partial charge on any atom is -0.478 e. The molecule has 0 radical (unpaired) electrons. The topological polar surface area (TPSA) is 98.6 Å². The molecular formula is C7H15NO4. The molecule has 72 valence electrons. The van der Waals surface area contributed by atoms with Gasteiger partial charge >= 0.3 is 5.97 Å². The van der Waals surface area contributed by atoms with Crippen LogP contribution in [0.3, 0.4) is 0 Å². The lowest BCUT2D eigenvalue weighted by Gasteiger charge is -1.79. The number of carbonyl (C=O) groups is 2. The molecule has 0 amide bonds. The fraction of sp³-hybridized carbons (Fsp3) is 0.429. The third-order valence-electron chi connectivity index (χ3n) is 0.600. The molecule has 0 aliphatic carbocycles. The molecule has 0 saturated heterocycles. The van der Waals surface area contributed by atoms with Gasteiger partial charge in [-0.1, -0.05) is 6.58 Å². The summed E-state index contributed by atoms with van der Waals surface area (Å²) in [6.07, 6.45) is 0. The van der Waals surface area contributed by atoms with E-state index in [9.17, 15) is 9.59 Å². The molecule has 0 aromatic carbocycles. The van der Waals surface area contributed by atoms with Gasteiger partial charge < -0.3 is 16.0 Å². The number of carboxylic acids is 1. The minimum atomic E-state index is -0.935. The zero-order chi connectivity index (χ0) is 9.28. The lowest BCUT2D eigenvalue weighted by Crippen LogP contribution is -1.92. The molecule has 12 heavy (non-hydrogen) atoms. The first kappa shape index (κ1) is 16.9. The van der Waals surface area contributed by atoms with Crippen LogP contribution in [0.1, 0.15) is 13.8 Å². The van der Waals surface area contributed by atoms with E-state index in [1.807, 2.05) is 0 Å². The third kappa shape index (κ3) is 23.4. The molecular weight excluding hydrogens is 162 g/mol. The van der Waals surface area contributed by atoms with Crippen LogP contribution in [-0.4, -0.2) is 24.2 Å². The Labute approximate surface area is 71.6 Å². The molecule has 0 aliphatic rings. The van der Waals surface area contributed by atoms with E-state index in [-0.39, 0.29) is 11.7 Å². The summed E-state index contributed by atoms with van der Waals surface area (Å²) >= 11 is 0. The molecule has 0 heterocycles. The summed E-state index contributed by atoms with van der Waals surface area (Å²) in [6.45, 7) is 7.27. The van der Waals surface area contributed by atoms with Crippen LogP contribution in [0.2, 0.25) is 0 Å². The SMILES string of the molecule is C=C(C)C(=O)O.CCOC=O.N. The number of hydrogen-bond donors (Lipinski definition) is 2. The summed E-state index contributed by atoms with van der Waals surface area (Å²) in [5.74, 6) is -0.935. The predicted molar refractivity (Wildman–Crippen MR) is 45.2 cm³/mol. The highest BCUT2D eigenvalue weighted by Crippen LogP contribution is 1.81. The molecule has 0 aromatic heterocycles. The highest BCUT2D eigenvalue weighted by Gasteiger charge is 1.90. The monoisotopic (exact) mass is 177 g/mol. The second-order valence-electron chi connectivity index (χ2n) is 1.64. The molecule has 0 unspecified atom stereocenters. The van der Waals surface area contributed by atoms with Gasteiger partial charge in [0.15, 0.2) is 0 Å². The zero-order valence-corrected chi connectivity index (χ0v) is 7.37. The lowest BCUT2D eigenvalue weighted by molar-refractivity contribution is -0.132. The van der Waals surface area contributed by atoms with Gasteiger partial charge in [0, 0.05) is 5.57 Å². The Morgan fingerprint density at radius 1 is 1.67 bits per heavy atom. The van der Waals surface area contributed by atoms with Gasteiger partial charge in [0.2, 0.25) is 0 Å². The number of carboxylic acid groups (broad SMARTS) is 1. The highest BCUT2D eigenvalue weighted by molar-refractivity contribution is 5.84. The van der Waals surface area contributed by atoms with Gasteiger partial charge in [-0.25, -0.2) is 4.79 Å². The van der Waals surface area contributed by atoms with Crippen molar-refractivity contribution >= 4 is 12.4 Å². The standard InChI is InChI=1S/C4H6O2.C3H6O2.H3N/c1-3(2)4(5)6;1-2-5-3-4;/h1H2,2H3,(H,5,6);3H,2H2,1H3;1H3. The molecule has 4 N–H and O–H groups in total. The first-order valence-electron chi connectivity index (χ1n) is 3.00. The number of rotatable bonds is 3. The van der Waals surface area contributed by atoms with E-state index in [0.29, 0.717) is 13.1 Å². The highest BCUT2D eigenvalue weighted by atomic mass is 16.5. The maximum absolute atomic E-state index is 9.60. The second kappa shape index (κ2) is 12.3. The first-order valence-corrected chi connectivity index (χ1v) is 3.00. The quantitative estimate of drug-likeness (QED) is 0.494. The molecule has 0 saturated carbocycles. The van der Waals surface area contributed by atoms with Crippen LogP contribution in [0.25, 0.3) is 0 Å². The van der Waals surface area contributed by atoms with Gasteiger partial charge in [-0.15, -0.1) is 0 Å². The maximum atomic E-state index is 9.60. The van der Waals surface area contributed by atoms with E-state index in [2.05, 4.69) is 11.3 Å². The lowest BCUT2D eigenvalue weighted by atomic mass is 10.4. The van der Waals surface area contributed by atoms with E-state index in [1.165, 1.54) is 6.92 Å². The van der Waals surface area contributed by atoms with Crippen LogP contribution in [0.5, 0.6) is 0 Å². The molecule has 0 fully saturated rings. The van der Waals surface area contributed by atoms with Crippen molar-refractivity contribution in [1.29, 1.82) is 0 Å². The van der Waals surface area contributed by atoms with E-state index in [4.69, 9.17) is 5.11 Å². The van der Waals surface area contributed by atoms with Crippen LogP contribution in [0, 0.1) is 0 Å². The number of aliphatic carboxylic acids is 1. The average molecular weight is 177 g/mol. The Morgan fingerprint density at radius 3 is 2.00 bits per heavy atom. The summed E-state index contributed by atoms with van der Waals surface area (Å²) in [6, 6.07) is 0. The van der Waals surface area contributed by atoms with E-state index in [1.54, 1.807) is 6.92 Å². The van der Waals surface area contributed by atoms with Crippen molar-refractivity contribution in [3.8, 4) is 0 Å². The Hall–Kier alpha value is -1.36. The smallest absolute Gasteiger partial charge is 0.330 e. The molecule has 0 bridgehead atoms. The molecule has 5 nitrogen and oxygen atoms in total. The van der Waals surface area contributed by atoms with Crippen molar-refractivity contribution in [3.05, 3.63) is 12.2 Å². The summed E-state index contributed by atoms with van der Waals surface area (Å²) in [5, 5.41) is 7.89. The van der Waals surface area contributed by atoms with Crippen LogP contribution < -0.4 is 6.15 Å². The van der Waals surface area contributed by atoms with Gasteiger partial charge in [0.25, 0.3) is 6.47 Å². The van der Waals surface area contributed by atoms with Crippen LogP contribution in [-0.2, 0) is 14.3 Å². The average Bonchev–Trinajstić information content (AvgIpc) is 1.90. The van der Waals surface area contributed by atoms with Crippen molar-refractivity contribution in [2.45, 2.75) is 13.8 Å². The summed E-state index contributed by atoms with van der Waals surface area (Å²) < 4.78 is 4.15. The Bertz CT molecular complexity index is 132.